The predicted molar refractivity (Wildman–Crippen MR) is 177 cm³/mol. The summed E-state index contributed by atoms with van der Waals surface area (Å²) < 4.78 is 17.6. The van der Waals surface area contributed by atoms with Gasteiger partial charge in [0.05, 0.1) is 48.8 Å². The largest absolute Gasteiger partial charge is 0.455 e. The van der Waals surface area contributed by atoms with E-state index in [4.69, 9.17) is 14.2 Å². The molecule has 0 bridgehead atoms. The minimum absolute atomic E-state index is 0.0381. The van der Waals surface area contributed by atoms with Crippen LogP contribution < -0.4 is 0 Å². The second kappa shape index (κ2) is 21.8. The van der Waals surface area contributed by atoms with Crippen molar-refractivity contribution in [3.8, 4) is 0 Å². The molecule has 2 saturated heterocycles. The van der Waals surface area contributed by atoms with Gasteiger partial charge < -0.3 is 34.6 Å². The average molecular weight is 639 g/mol. The molecule has 2 fully saturated rings. The molecular formula is C37H66O8. The number of hydrogen-bond acceptors (Lipinski definition) is 8. The number of cyclic esters (lactones) is 1. The van der Waals surface area contributed by atoms with Gasteiger partial charge in [-0.1, -0.05) is 71.1 Å². The van der Waals surface area contributed by atoms with Gasteiger partial charge in [-0.15, -0.1) is 0 Å². The minimum atomic E-state index is -0.578. The van der Waals surface area contributed by atoms with E-state index in [0.717, 1.165) is 102 Å². The van der Waals surface area contributed by atoms with E-state index in [1.54, 1.807) is 0 Å². The fraction of sp³-hybridized carbons (Fsp3) is 0.919. The van der Waals surface area contributed by atoms with E-state index in [1.165, 1.54) is 32.1 Å². The zero-order valence-corrected chi connectivity index (χ0v) is 28.5. The third-order valence-corrected chi connectivity index (χ3v) is 10.1. The van der Waals surface area contributed by atoms with Crippen molar-refractivity contribution in [1.82, 2.24) is 0 Å². The summed E-state index contributed by atoms with van der Waals surface area (Å²) in [6.45, 7) is 4.08. The fourth-order valence-corrected chi connectivity index (χ4v) is 7.28. The first-order chi connectivity index (χ1) is 21.8. The van der Waals surface area contributed by atoms with Gasteiger partial charge in [0, 0.05) is 5.57 Å². The van der Waals surface area contributed by atoms with Gasteiger partial charge in [0.15, 0.2) is 0 Å². The molecular weight excluding hydrogens is 572 g/mol. The highest BCUT2D eigenvalue weighted by Crippen LogP contribution is 2.34. The minimum Gasteiger partial charge on any atom is -0.455 e. The molecule has 0 radical (unpaired) electrons. The van der Waals surface area contributed by atoms with E-state index in [0.29, 0.717) is 19.3 Å². The smallest absolute Gasteiger partial charge is 0.334 e. The van der Waals surface area contributed by atoms with Crippen molar-refractivity contribution in [2.45, 2.75) is 216 Å². The highest BCUT2D eigenvalue weighted by Gasteiger charge is 2.40. The van der Waals surface area contributed by atoms with Crippen molar-refractivity contribution in [2.75, 3.05) is 0 Å². The van der Waals surface area contributed by atoms with E-state index in [2.05, 4.69) is 6.92 Å². The van der Waals surface area contributed by atoms with Crippen LogP contribution in [0.15, 0.2) is 11.6 Å². The summed E-state index contributed by atoms with van der Waals surface area (Å²) in [4.78, 5) is 11.6. The van der Waals surface area contributed by atoms with Crippen LogP contribution in [0.4, 0.5) is 0 Å². The molecule has 0 amide bonds. The average Bonchev–Trinajstić information content (AvgIpc) is 3.77. The van der Waals surface area contributed by atoms with E-state index in [9.17, 15) is 25.2 Å². The molecule has 0 saturated carbocycles. The van der Waals surface area contributed by atoms with Crippen LogP contribution in [0.25, 0.3) is 0 Å². The molecule has 45 heavy (non-hydrogen) atoms. The van der Waals surface area contributed by atoms with Crippen LogP contribution in [0.3, 0.4) is 0 Å². The number of rotatable bonds is 25. The lowest BCUT2D eigenvalue weighted by atomic mass is 9.99. The molecule has 3 aliphatic rings. The van der Waals surface area contributed by atoms with Crippen LogP contribution >= 0.6 is 0 Å². The molecule has 3 aliphatic heterocycles. The van der Waals surface area contributed by atoms with Crippen molar-refractivity contribution in [2.24, 2.45) is 0 Å². The van der Waals surface area contributed by atoms with E-state index in [-0.39, 0.29) is 48.7 Å². The molecule has 0 aromatic heterocycles. The molecule has 8 nitrogen and oxygen atoms in total. The Kier molecular flexibility index (Phi) is 18.6. The summed E-state index contributed by atoms with van der Waals surface area (Å²) in [6, 6.07) is 0. The summed E-state index contributed by atoms with van der Waals surface area (Å²) in [7, 11) is 0. The standard InChI is InChI=1S/C37H66O8/c1-3-4-5-12-16-29(38)18-14-19-31(40)33-22-24-35(44-33)36-25-23-34(45-36)32(41)21-20-30(39)17-13-10-8-6-7-9-11-15-28-26-27(2)43-37(28)42/h26-27,29-36,38-41H,3-25H2,1-2H3/t27-,29+,30-,31-,32+,33?,34+,35+,36?/m0/s1. The zero-order valence-electron chi connectivity index (χ0n) is 28.5. The van der Waals surface area contributed by atoms with Gasteiger partial charge in [0.1, 0.15) is 6.10 Å². The SMILES string of the molecule is CCCCCC[C@@H](O)CCC[C@H](O)C1CC[C@H](C2CC[C@H]([C@H](O)CC[C@@H](O)CCCCCCCCCC3=C[C@H](C)OC3=O)O2)O1. The van der Waals surface area contributed by atoms with Crippen molar-refractivity contribution < 1.29 is 39.4 Å². The second-order valence-corrected chi connectivity index (χ2v) is 14.2. The second-order valence-electron chi connectivity index (χ2n) is 14.2. The van der Waals surface area contributed by atoms with Crippen LogP contribution in [0.2, 0.25) is 0 Å². The summed E-state index contributed by atoms with van der Waals surface area (Å²) >= 11 is 0. The quantitative estimate of drug-likeness (QED) is 0.0634. The van der Waals surface area contributed by atoms with Gasteiger partial charge in [0.25, 0.3) is 0 Å². The fourth-order valence-electron chi connectivity index (χ4n) is 7.28. The van der Waals surface area contributed by atoms with Gasteiger partial charge >= 0.3 is 5.97 Å². The topological polar surface area (TPSA) is 126 Å². The lowest BCUT2D eigenvalue weighted by molar-refractivity contribution is -0.139. The third-order valence-electron chi connectivity index (χ3n) is 10.1. The van der Waals surface area contributed by atoms with Crippen molar-refractivity contribution in [3.05, 3.63) is 11.6 Å². The van der Waals surface area contributed by atoms with E-state index >= 15 is 0 Å². The number of hydrogen-bond donors (Lipinski definition) is 4. The first kappa shape index (κ1) is 38.4. The maximum Gasteiger partial charge on any atom is 0.334 e. The molecule has 2 unspecified atom stereocenters. The number of carbonyl (C=O) groups excluding carboxylic acids is 1. The summed E-state index contributed by atoms with van der Waals surface area (Å²) in [5.74, 6) is -0.148. The Morgan fingerprint density at radius 2 is 1.16 bits per heavy atom. The van der Waals surface area contributed by atoms with E-state index in [1.807, 2.05) is 13.0 Å². The van der Waals surface area contributed by atoms with Crippen LogP contribution in [-0.2, 0) is 19.0 Å². The lowest BCUT2D eigenvalue weighted by Gasteiger charge is -2.24. The van der Waals surface area contributed by atoms with Gasteiger partial charge in [-0.25, -0.2) is 4.79 Å². The molecule has 262 valence electrons. The Morgan fingerprint density at radius 1 is 0.644 bits per heavy atom. The van der Waals surface area contributed by atoms with Crippen molar-refractivity contribution >= 4 is 5.97 Å². The number of carbonyl (C=O) groups is 1. The van der Waals surface area contributed by atoms with Gasteiger partial charge in [0.2, 0.25) is 0 Å². The molecule has 9 atom stereocenters. The van der Waals surface area contributed by atoms with Gasteiger partial charge in [-0.3, -0.25) is 0 Å². The molecule has 0 aromatic carbocycles. The number of ether oxygens (including phenoxy) is 3. The highest BCUT2D eigenvalue weighted by atomic mass is 16.6. The first-order valence-electron chi connectivity index (χ1n) is 18.7. The molecule has 8 heteroatoms. The normalized spacial score (nSPS) is 27.8. The molecule has 0 spiro atoms. The summed E-state index contributed by atoms with van der Waals surface area (Å²) in [6.07, 6.45) is 21.2. The first-order valence-corrected chi connectivity index (χ1v) is 18.7. The summed E-state index contributed by atoms with van der Waals surface area (Å²) in [5.41, 5.74) is 0.834. The van der Waals surface area contributed by atoms with E-state index < -0.39 is 12.2 Å². The molecule has 0 aromatic rings. The number of aliphatic hydroxyl groups is 4. The highest BCUT2D eigenvalue weighted by molar-refractivity contribution is 5.90. The van der Waals surface area contributed by atoms with Crippen LogP contribution in [0, 0.1) is 0 Å². The Hall–Kier alpha value is -1.03. The Balaban J connectivity index is 1.16. The molecule has 0 aliphatic carbocycles. The Morgan fingerprint density at radius 3 is 1.73 bits per heavy atom. The van der Waals surface area contributed by atoms with Crippen molar-refractivity contribution in [3.63, 3.8) is 0 Å². The number of unbranched alkanes of at least 4 members (excludes halogenated alkanes) is 9. The molecule has 4 N–H and O–H groups in total. The van der Waals surface area contributed by atoms with Crippen LogP contribution in [-0.4, -0.2) is 81.3 Å². The van der Waals surface area contributed by atoms with Gasteiger partial charge in [-0.05, 0) is 96.5 Å². The Bertz CT molecular complexity index is 833. The maximum absolute atomic E-state index is 11.6. The van der Waals surface area contributed by atoms with Crippen LogP contribution in [0.1, 0.15) is 162 Å². The van der Waals surface area contributed by atoms with Gasteiger partial charge in [-0.2, -0.15) is 0 Å². The predicted octanol–water partition coefficient (Wildman–Crippen LogP) is 6.83. The molecule has 3 rings (SSSR count). The lowest BCUT2D eigenvalue weighted by Crippen LogP contribution is -2.33. The summed E-state index contributed by atoms with van der Waals surface area (Å²) in [5, 5.41) is 42.1. The number of esters is 1. The maximum atomic E-state index is 11.6. The molecule has 3 heterocycles. The number of aliphatic hydroxyl groups excluding tert-OH is 4. The van der Waals surface area contributed by atoms with Crippen molar-refractivity contribution in [1.29, 1.82) is 0 Å². The Labute approximate surface area is 273 Å². The van der Waals surface area contributed by atoms with Crippen LogP contribution in [0.5, 0.6) is 0 Å². The zero-order chi connectivity index (χ0) is 32.4. The monoisotopic (exact) mass is 638 g/mol. The third kappa shape index (κ3) is 14.7.